The standard InChI is InChI=1S/C47H28N2O/c1-3-14-29(15-4-1)40-28-41(49-46(48-40)30-16-5-2-6-17-30)35-21-13-24-38-43(35)33-19-7-10-22-36(33)47(38)37-23-11-8-20-34(37)44-39(47)27-26-32-31-18-9-12-25-42(31)50-45(32)44/h1-28H. The Kier molecular flexibility index (Phi) is 5.59. The first kappa shape index (κ1) is 27.4. The number of hydrogen-bond acceptors (Lipinski definition) is 3. The highest BCUT2D eigenvalue weighted by Crippen LogP contribution is 2.65. The van der Waals surface area contributed by atoms with Crippen LogP contribution in [0.2, 0.25) is 0 Å². The van der Waals surface area contributed by atoms with Crippen LogP contribution >= 0.6 is 0 Å². The summed E-state index contributed by atoms with van der Waals surface area (Å²) in [5.41, 5.74) is 16.2. The van der Waals surface area contributed by atoms with Crippen LogP contribution in [0.15, 0.2) is 174 Å². The summed E-state index contributed by atoms with van der Waals surface area (Å²) in [6, 6.07) is 60.4. The summed E-state index contributed by atoms with van der Waals surface area (Å²) in [7, 11) is 0. The van der Waals surface area contributed by atoms with E-state index in [-0.39, 0.29) is 0 Å². The van der Waals surface area contributed by atoms with Crippen molar-refractivity contribution in [1.82, 2.24) is 9.97 Å². The SMILES string of the molecule is c1ccc(-c2cc(-c3cccc4c3-c3ccccc3C43c4ccccc4-c4c3ccc3c4oc4ccccc43)nc(-c3ccccc3)n2)cc1. The molecule has 232 valence electrons. The van der Waals surface area contributed by atoms with Gasteiger partial charge in [-0.2, -0.15) is 0 Å². The maximum atomic E-state index is 6.72. The summed E-state index contributed by atoms with van der Waals surface area (Å²) in [5, 5.41) is 2.29. The van der Waals surface area contributed by atoms with Crippen LogP contribution in [0.4, 0.5) is 0 Å². The second-order valence-electron chi connectivity index (χ2n) is 13.2. The molecule has 7 aromatic carbocycles. The van der Waals surface area contributed by atoms with Gasteiger partial charge in [0.15, 0.2) is 5.82 Å². The Balaban J connectivity index is 1.23. The molecule has 2 heterocycles. The van der Waals surface area contributed by atoms with Gasteiger partial charge in [-0.1, -0.05) is 158 Å². The fourth-order valence-corrected chi connectivity index (χ4v) is 8.72. The first-order valence-electron chi connectivity index (χ1n) is 17.1. The van der Waals surface area contributed by atoms with Crippen LogP contribution in [0.3, 0.4) is 0 Å². The van der Waals surface area contributed by atoms with Crippen LogP contribution in [0.5, 0.6) is 0 Å². The van der Waals surface area contributed by atoms with Crippen molar-refractivity contribution in [2.45, 2.75) is 5.41 Å². The van der Waals surface area contributed by atoms with Gasteiger partial charge in [0.25, 0.3) is 0 Å². The first-order valence-corrected chi connectivity index (χ1v) is 17.1. The second kappa shape index (κ2) is 10.2. The van der Waals surface area contributed by atoms with Crippen molar-refractivity contribution >= 4 is 21.9 Å². The molecule has 3 nitrogen and oxygen atoms in total. The van der Waals surface area contributed by atoms with Gasteiger partial charge in [-0.05, 0) is 51.1 Å². The van der Waals surface area contributed by atoms with Crippen molar-refractivity contribution in [3.63, 3.8) is 0 Å². The second-order valence-corrected chi connectivity index (χ2v) is 13.2. The predicted octanol–water partition coefficient (Wildman–Crippen LogP) is 11.7. The highest BCUT2D eigenvalue weighted by Gasteiger charge is 2.53. The van der Waals surface area contributed by atoms with Gasteiger partial charge in [0.2, 0.25) is 0 Å². The molecule has 1 spiro atoms. The summed E-state index contributed by atoms with van der Waals surface area (Å²) in [5.74, 6) is 0.712. The summed E-state index contributed by atoms with van der Waals surface area (Å²) in [4.78, 5) is 10.4. The third-order valence-corrected chi connectivity index (χ3v) is 10.7. The zero-order valence-corrected chi connectivity index (χ0v) is 27.0. The molecule has 0 bridgehead atoms. The van der Waals surface area contributed by atoms with Gasteiger partial charge in [0.05, 0.1) is 16.8 Å². The number of furan rings is 1. The Bertz CT molecular complexity index is 2760. The Hall–Kier alpha value is -6.58. The Labute approximate surface area is 289 Å². The van der Waals surface area contributed by atoms with Gasteiger partial charge in [0.1, 0.15) is 11.2 Å². The van der Waals surface area contributed by atoms with Crippen molar-refractivity contribution in [2.24, 2.45) is 0 Å². The van der Waals surface area contributed by atoms with E-state index in [0.717, 1.165) is 50.0 Å². The quantitative estimate of drug-likeness (QED) is 0.194. The molecule has 11 rings (SSSR count). The zero-order chi connectivity index (χ0) is 32.8. The minimum absolute atomic E-state index is 0.515. The van der Waals surface area contributed by atoms with Gasteiger partial charge >= 0.3 is 0 Å². The molecule has 9 aromatic rings. The molecule has 0 aliphatic heterocycles. The van der Waals surface area contributed by atoms with Gasteiger partial charge in [-0.3, -0.25) is 0 Å². The molecule has 0 radical (unpaired) electrons. The van der Waals surface area contributed by atoms with Crippen LogP contribution < -0.4 is 0 Å². The molecule has 0 saturated carbocycles. The maximum Gasteiger partial charge on any atom is 0.160 e. The van der Waals surface area contributed by atoms with E-state index < -0.39 is 5.41 Å². The Morgan fingerprint density at radius 2 is 0.980 bits per heavy atom. The van der Waals surface area contributed by atoms with Crippen LogP contribution in [0, 0.1) is 0 Å². The fraction of sp³-hybridized carbons (Fsp3) is 0.0213. The molecule has 2 aliphatic rings. The van der Waals surface area contributed by atoms with Crippen molar-refractivity contribution < 1.29 is 4.42 Å². The Morgan fingerprint density at radius 1 is 0.400 bits per heavy atom. The number of aromatic nitrogens is 2. The van der Waals surface area contributed by atoms with E-state index in [1.54, 1.807) is 0 Å². The molecule has 0 N–H and O–H groups in total. The highest BCUT2D eigenvalue weighted by molar-refractivity contribution is 6.13. The largest absolute Gasteiger partial charge is 0.455 e. The van der Waals surface area contributed by atoms with Crippen molar-refractivity contribution in [3.8, 4) is 56.2 Å². The molecular formula is C47H28N2O. The van der Waals surface area contributed by atoms with Crippen molar-refractivity contribution in [1.29, 1.82) is 0 Å². The van der Waals surface area contributed by atoms with E-state index in [0.29, 0.717) is 5.82 Å². The van der Waals surface area contributed by atoms with Crippen molar-refractivity contribution in [3.05, 3.63) is 192 Å². The number of benzene rings is 7. The minimum Gasteiger partial charge on any atom is -0.455 e. The van der Waals surface area contributed by atoms with Crippen LogP contribution in [-0.4, -0.2) is 9.97 Å². The summed E-state index contributed by atoms with van der Waals surface area (Å²) >= 11 is 0. The highest BCUT2D eigenvalue weighted by atomic mass is 16.3. The average Bonchev–Trinajstić information content (AvgIpc) is 3.82. The summed E-state index contributed by atoms with van der Waals surface area (Å²) in [6.07, 6.45) is 0. The topological polar surface area (TPSA) is 38.9 Å². The number of para-hydroxylation sites is 1. The lowest BCUT2D eigenvalue weighted by Gasteiger charge is -2.30. The molecule has 1 atom stereocenters. The monoisotopic (exact) mass is 636 g/mol. The lowest BCUT2D eigenvalue weighted by molar-refractivity contribution is 0.669. The van der Waals surface area contributed by atoms with Gasteiger partial charge < -0.3 is 4.42 Å². The maximum absolute atomic E-state index is 6.72. The number of rotatable bonds is 3. The molecule has 1 unspecified atom stereocenters. The van der Waals surface area contributed by atoms with E-state index in [4.69, 9.17) is 14.4 Å². The lowest BCUT2D eigenvalue weighted by atomic mass is 9.70. The predicted molar refractivity (Wildman–Crippen MR) is 202 cm³/mol. The fourth-order valence-electron chi connectivity index (χ4n) is 8.72. The zero-order valence-electron chi connectivity index (χ0n) is 27.0. The van der Waals surface area contributed by atoms with Crippen LogP contribution in [-0.2, 0) is 5.41 Å². The van der Waals surface area contributed by atoms with Gasteiger partial charge in [-0.15, -0.1) is 0 Å². The van der Waals surface area contributed by atoms with E-state index in [9.17, 15) is 0 Å². The van der Waals surface area contributed by atoms with E-state index >= 15 is 0 Å². The molecule has 0 amide bonds. The molecule has 3 heteroatoms. The smallest absolute Gasteiger partial charge is 0.160 e. The van der Waals surface area contributed by atoms with E-state index in [1.165, 1.54) is 44.5 Å². The van der Waals surface area contributed by atoms with E-state index in [2.05, 4.69) is 140 Å². The van der Waals surface area contributed by atoms with E-state index in [1.807, 2.05) is 30.3 Å². The molecule has 0 fully saturated rings. The van der Waals surface area contributed by atoms with Crippen molar-refractivity contribution in [2.75, 3.05) is 0 Å². The molecule has 2 aliphatic carbocycles. The number of nitrogens with zero attached hydrogens (tertiary/aromatic N) is 2. The lowest BCUT2D eigenvalue weighted by Crippen LogP contribution is -2.25. The summed E-state index contributed by atoms with van der Waals surface area (Å²) in [6.45, 7) is 0. The molecule has 0 saturated heterocycles. The van der Waals surface area contributed by atoms with Gasteiger partial charge in [-0.25, -0.2) is 9.97 Å². The third-order valence-electron chi connectivity index (χ3n) is 10.7. The van der Waals surface area contributed by atoms with Gasteiger partial charge in [0, 0.05) is 33.0 Å². The van der Waals surface area contributed by atoms with Crippen LogP contribution in [0.25, 0.3) is 78.1 Å². The van der Waals surface area contributed by atoms with Crippen LogP contribution in [0.1, 0.15) is 22.3 Å². The minimum atomic E-state index is -0.515. The third kappa shape index (κ3) is 3.58. The normalized spacial score (nSPS) is 15.3. The number of fused-ring (bicyclic) bond motifs is 14. The molecule has 2 aromatic heterocycles. The number of hydrogen-bond donors (Lipinski definition) is 0. The first-order chi connectivity index (χ1) is 24.8. The molecular weight excluding hydrogens is 609 g/mol. The Morgan fingerprint density at radius 3 is 1.76 bits per heavy atom. The summed E-state index contributed by atoms with van der Waals surface area (Å²) < 4.78 is 6.72. The molecule has 50 heavy (non-hydrogen) atoms. The average molecular weight is 637 g/mol.